The molecule has 0 radical (unpaired) electrons. The zero-order chi connectivity index (χ0) is 18.9. The maximum absolute atomic E-state index is 12.3. The smallest absolute Gasteiger partial charge is 0.220 e. The van der Waals surface area contributed by atoms with Gasteiger partial charge in [0.05, 0.1) is 0 Å². The van der Waals surface area contributed by atoms with E-state index in [-0.39, 0.29) is 30.6 Å². The van der Waals surface area contributed by atoms with Gasteiger partial charge in [-0.25, -0.2) is 0 Å². The highest BCUT2D eigenvalue weighted by Gasteiger charge is 2.21. The largest absolute Gasteiger partial charge is 0.352 e. The van der Waals surface area contributed by atoms with Crippen LogP contribution in [0.15, 0.2) is 60.7 Å². The van der Waals surface area contributed by atoms with Crippen LogP contribution >= 0.6 is 0 Å². The fraction of sp³-hybridized carbons (Fsp3) is 0.391. The molecule has 3 rings (SSSR count). The SMILES string of the molecule is O=C(CCC(=O)c1ccccc1)N[C@@H]1CCCN(CCc2ccccc2)C1. The van der Waals surface area contributed by atoms with Crippen molar-refractivity contribution in [3.05, 3.63) is 71.8 Å². The van der Waals surface area contributed by atoms with Crippen LogP contribution in [0.5, 0.6) is 0 Å². The summed E-state index contributed by atoms with van der Waals surface area (Å²) >= 11 is 0. The van der Waals surface area contributed by atoms with Crippen molar-refractivity contribution in [3.8, 4) is 0 Å². The topological polar surface area (TPSA) is 49.4 Å². The molecule has 0 aromatic heterocycles. The number of ketones is 1. The highest BCUT2D eigenvalue weighted by molar-refractivity contribution is 5.97. The quantitative estimate of drug-likeness (QED) is 0.730. The molecule has 1 atom stereocenters. The van der Waals surface area contributed by atoms with Gasteiger partial charge >= 0.3 is 0 Å². The number of carbonyl (C=O) groups is 2. The lowest BCUT2D eigenvalue weighted by atomic mass is 10.0. The number of nitrogens with zero attached hydrogens (tertiary/aromatic N) is 1. The van der Waals surface area contributed by atoms with E-state index >= 15 is 0 Å². The molecule has 2 aromatic carbocycles. The van der Waals surface area contributed by atoms with Gasteiger partial charge in [-0.3, -0.25) is 9.59 Å². The zero-order valence-electron chi connectivity index (χ0n) is 15.8. The number of piperidine rings is 1. The van der Waals surface area contributed by atoms with Crippen molar-refractivity contribution in [1.82, 2.24) is 10.2 Å². The Morgan fingerprint density at radius 2 is 1.67 bits per heavy atom. The summed E-state index contributed by atoms with van der Waals surface area (Å²) in [5, 5.41) is 3.12. The molecule has 1 N–H and O–H groups in total. The summed E-state index contributed by atoms with van der Waals surface area (Å²) in [5.74, 6) is 0.00747. The van der Waals surface area contributed by atoms with Gasteiger partial charge in [0.25, 0.3) is 0 Å². The fourth-order valence-electron chi connectivity index (χ4n) is 3.60. The van der Waals surface area contributed by atoms with Crippen LogP contribution in [0.3, 0.4) is 0 Å². The summed E-state index contributed by atoms with van der Waals surface area (Å²) in [5.41, 5.74) is 2.03. The molecule has 1 saturated heterocycles. The first-order valence-electron chi connectivity index (χ1n) is 9.84. The number of benzene rings is 2. The summed E-state index contributed by atoms with van der Waals surface area (Å²) in [6.07, 6.45) is 3.67. The van der Waals surface area contributed by atoms with Crippen LogP contribution in [0, 0.1) is 0 Å². The predicted octanol–water partition coefficient (Wildman–Crippen LogP) is 3.47. The lowest BCUT2D eigenvalue weighted by Gasteiger charge is -2.33. The summed E-state index contributed by atoms with van der Waals surface area (Å²) in [6.45, 7) is 3.00. The Bertz CT molecular complexity index is 731. The van der Waals surface area contributed by atoms with Gasteiger partial charge in [0, 0.05) is 37.5 Å². The lowest BCUT2D eigenvalue weighted by Crippen LogP contribution is -2.48. The van der Waals surface area contributed by atoms with Crippen LogP contribution in [0.25, 0.3) is 0 Å². The van der Waals surface area contributed by atoms with E-state index < -0.39 is 0 Å². The Morgan fingerprint density at radius 1 is 0.963 bits per heavy atom. The van der Waals surface area contributed by atoms with E-state index in [2.05, 4.69) is 34.5 Å². The van der Waals surface area contributed by atoms with E-state index in [4.69, 9.17) is 0 Å². The molecule has 1 aliphatic rings. The van der Waals surface area contributed by atoms with Gasteiger partial charge in [-0.15, -0.1) is 0 Å². The van der Waals surface area contributed by atoms with Crippen molar-refractivity contribution in [2.45, 2.75) is 38.1 Å². The molecular weight excluding hydrogens is 336 g/mol. The Balaban J connectivity index is 1.39. The van der Waals surface area contributed by atoms with E-state index in [0.29, 0.717) is 5.56 Å². The van der Waals surface area contributed by atoms with E-state index in [9.17, 15) is 9.59 Å². The van der Waals surface area contributed by atoms with E-state index in [1.165, 1.54) is 5.56 Å². The highest BCUT2D eigenvalue weighted by atomic mass is 16.2. The third-order valence-corrected chi connectivity index (χ3v) is 5.11. The molecule has 1 amide bonds. The number of amides is 1. The first-order valence-corrected chi connectivity index (χ1v) is 9.84. The Hall–Kier alpha value is -2.46. The second-order valence-corrected chi connectivity index (χ2v) is 7.23. The maximum Gasteiger partial charge on any atom is 0.220 e. The van der Waals surface area contributed by atoms with Gasteiger partial charge in [0.2, 0.25) is 5.91 Å². The second kappa shape index (κ2) is 10.0. The van der Waals surface area contributed by atoms with Crippen LogP contribution < -0.4 is 5.32 Å². The van der Waals surface area contributed by atoms with Crippen LogP contribution in [0.1, 0.15) is 41.6 Å². The number of likely N-dealkylation sites (tertiary alicyclic amines) is 1. The van der Waals surface area contributed by atoms with Crippen molar-refractivity contribution >= 4 is 11.7 Å². The normalized spacial score (nSPS) is 17.4. The van der Waals surface area contributed by atoms with Gasteiger partial charge in [0.15, 0.2) is 5.78 Å². The molecule has 4 heteroatoms. The zero-order valence-corrected chi connectivity index (χ0v) is 15.8. The highest BCUT2D eigenvalue weighted by Crippen LogP contribution is 2.12. The molecular formula is C23H28N2O2. The summed E-state index contributed by atoms with van der Waals surface area (Å²) in [4.78, 5) is 26.8. The van der Waals surface area contributed by atoms with Gasteiger partial charge in [0.1, 0.15) is 0 Å². The van der Waals surface area contributed by atoms with Crippen LogP contribution in [-0.4, -0.2) is 42.3 Å². The minimum absolute atomic E-state index is 0.0193. The van der Waals surface area contributed by atoms with Crippen molar-refractivity contribution in [2.75, 3.05) is 19.6 Å². The molecule has 1 heterocycles. The monoisotopic (exact) mass is 364 g/mol. The molecule has 0 spiro atoms. The van der Waals surface area contributed by atoms with Gasteiger partial charge in [-0.1, -0.05) is 60.7 Å². The van der Waals surface area contributed by atoms with E-state index in [0.717, 1.165) is 38.9 Å². The number of nitrogens with one attached hydrogen (secondary N) is 1. The van der Waals surface area contributed by atoms with Crippen LogP contribution in [0.2, 0.25) is 0 Å². The van der Waals surface area contributed by atoms with Gasteiger partial charge in [-0.05, 0) is 31.4 Å². The summed E-state index contributed by atoms with van der Waals surface area (Å²) in [6, 6.07) is 19.9. The van der Waals surface area contributed by atoms with Gasteiger partial charge in [-0.2, -0.15) is 0 Å². The molecule has 0 aliphatic carbocycles. The lowest BCUT2D eigenvalue weighted by molar-refractivity contribution is -0.122. The van der Waals surface area contributed by atoms with Crippen molar-refractivity contribution in [1.29, 1.82) is 0 Å². The molecule has 0 bridgehead atoms. The summed E-state index contributed by atoms with van der Waals surface area (Å²) in [7, 11) is 0. The number of Topliss-reactive ketones (excluding diaryl/α,β-unsaturated/α-hetero) is 1. The minimum Gasteiger partial charge on any atom is -0.352 e. The Morgan fingerprint density at radius 3 is 2.41 bits per heavy atom. The molecule has 142 valence electrons. The molecule has 4 nitrogen and oxygen atoms in total. The molecule has 27 heavy (non-hydrogen) atoms. The fourth-order valence-corrected chi connectivity index (χ4v) is 3.60. The summed E-state index contributed by atoms with van der Waals surface area (Å²) < 4.78 is 0. The molecule has 0 saturated carbocycles. The second-order valence-electron chi connectivity index (χ2n) is 7.23. The van der Waals surface area contributed by atoms with Crippen LogP contribution in [0.4, 0.5) is 0 Å². The predicted molar refractivity (Wildman–Crippen MR) is 108 cm³/mol. The Kier molecular flexibility index (Phi) is 7.17. The number of carbonyl (C=O) groups excluding carboxylic acids is 2. The average Bonchev–Trinajstić information content (AvgIpc) is 2.72. The average molecular weight is 364 g/mol. The number of rotatable bonds is 8. The Labute approximate surface area is 161 Å². The first-order chi connectivity index (χ1) is 13.2. The maximum atomic E-state index is 12.3. The molecule has 0 unspecified atom stereocenters. The number of hydrogen-bond acceptors (Lipinski definition) is 3. The van der Waals surface area contributed by atoms with Crippen molar-refractivity contribution < 1.29 is 9.59 Å². The molecule has 1 aliphatic heterocycles. The number of hydrogen-bond donors (Lipinski definition) is 1. The molecule has 1 fully saturated rings. The minimum atomic E-state index is -0.0193. The molecule has 2 aromatic rings. The van der Waals surface area contributed by atoms with E-state index in [1.54, 1.807) is 12.1 Å². The first kappa shape index (κ1) is 19.3. The van der Waals surface area contributed by atoms with Crippen molar-refractivity contribution in [2.24, 2.45) is 0 Å². The standard InChI is InChI=1S/C23H28N2O2/c26-22(20-10-5-2-6-11-20)13-14-23(27)24-21-12-7-16-25(18-21)17-15-19-8-3-1-4-9-19/h1-6,8-11,21H,7,12-18H2,(H,24,27)/t21-/m1/s1. The third-order valence-electron chi connectivity index (χ3n) is 5.11. The third kappa shape index (κ3) is 6.33. The van der Waals surface area contributed by atoms with Crippen LogP contribution in [-0.2, 0) is 11.2 Å². The van der Waals surface area contributed by atoms with Crippen molar-refractivity contribution in [3.63, 3.8) is 0 Å². The van der Waals surface area contributed by atoms with Gasteiger partial charge < -0.3 is 10.2 Å². The van der Waals surface area contributed by atoms with E-state index in [1.807, 2.05) is 24.3 Å².